The summed E-state index contributed by atoms with van der Waals surface area (Å²) in [5.74, 6) is 0.919. The zero-order valence-corrected chi connectivity index (χ0v) is 13.0. The summed E-state index contributed by atoms with van der Waals surface area (Å²) in [4.78, 5) is 11.8. The van der Waals surface area contributed by atoms with Gasteiger partial charge in [0.25, 0.3) is 0 Å². The van der Waals surface area contributed by atoms with Crippen LogP contribution >= 0.6 is 0 Å². The number of methoxy groups -OCH3 is 1. The highest BCUT2D eigenvalue weighted by Crippen LogP contribution is 2.27. The minimum Gasteiger partial charge on any atom is -0.468 e. The topological polar surface area (TPSA) is 87.4 Å². The molecule has 4 rings (SSSR count). The molecule has 0 fully saturated rings. The number of rotatable bonds is 3. The van der Waals surface area contributed by atoms with Gasteiger partial charge in [-0.25, -0.2) is 0 Å². The molecule has 2 aromatic carbocycles. The van der Waals surface area contributed by atoms with Gasteiger partial charge in [0.05, 0.1) is 18.1 Å². The Morgan fingerprint density at radius 2 is 1.92 bits per heavy atom. The van der Waals surface area contributed by atoms with E-state index in [-0.39, 0.29) is 12.5 Å². The highest BCUT2D eigenvalue weighted by Gasteiger charge is 2.19. The van der Waals surface area contributed by atoms with Gasteiger partial charge >= 0.3 is 5.97 Å². The van der Waals surface area contributed by atoms with E-state index >= 15 is 0 Å². The number of ether oxygens (including phenoxy) is 1. The lowest BCUT2D eigenvalue weighted by molar-refractivity contribution is -0.141. The Balaban J connectivity index is 2.02. The lowest BCUT2D eigenvalue weighted by atomic mass is 10.2. The quantitative estimate of drug-likeness (QED) is 0.461. The first kappa shape index (κ1) is 14.3. The number of esters is 1. The van der Waals surface area contributed by atoms with Crippen LogP contribution in [0.25, 0.3) is 28.2 Å². The zero-order chi connectivity index (χ0) is 16.7. The lowest BCUT2D eigenvalue weighted by Crippen LogP contribution is -2.11. The third-order valence-corrected chi connectivity index (χ3v) is 3.96. The van der Waals surface area contributed by atoms with Crippen LogP contribution < -0.4 is 5.73 Å². The molecule has 2 heterocycles. The average molecular weight is 321 g/mol. The lowest BCUT2D eigenvalue weighted by Gasteiger charge is -2.02. The van der Waals surface area contributed by atoms with E-state index in [1.165, 1.54) is 7.11 Å². The van der Waals surface area contributed by atoms with E-state index in [0.29, 0.717) is 17.3 Å². The number of anilines is 1. The van der Waals surface area contributed by atoms with Crippen molar-refractivity contribution in [2.75, 3.05) is 12.8 Å². The van der Waals surface area contributed by atoms with Gasteiger partial charge < -0.3 is 10.5 Å². The molecule has 2 N–H and O–H groups in total. The van der Waals surface area contributed by atoms with E-state index in [2.05, 4.69) is 10.2 Å². The van der Waals surface area contributed by atoms with Crippen LogP contribution in [0.3, 0.4) is 0 Å². The number of nitrogens with two attached hydrogens (primary N) is 1. The van der Waals surface area contributed by atoms with E-state index in [1.54, 1.807) is 4.57 Å². The van der Waals surface area contributed by atoms with Gasteiger partial charge in [-0.05, 0) is 24.3 Å². The van der Waals surface area contributed by atoms with Crippen LogP contribution in [0.5, 0.6) is 0 Å². The van der Waals surface area contributed by atoms with Crippen molar-refractivity contribution < 1.29 is 9.53 Å². The van der Waals surface area contributed by atoms with Crippen LogP contribution in [0.1, 0.15) is 0 Å². The van der Waals surface area contributed by atoms with Gasteiger partial charge in [0, 0.05) is 11.3 Å². The number of imidazole rings is 1. The molecule has 0 aliphatic carbocycles. The summed E-state index contributed by atoms with van der Waals surface area (Å²) >= 11 is 0. The van der Waals surface area contributed by atoms with Gasteiger partial charge in [0.2, 0.25) is 5.78 Å². The number of benzene rings is 2. The molecule has 0 amide bonds. The highest BCUT2D eigenvalue weighted by molar-refractivity contribution is 5.85. The van der Waals surface area contributed by atoms with E-state index in [0.717, 1.165) is 16.6 Å². The minimum absolute atomic E-state index is 0.0720. The van der Waals surface area contributed by atoms with E-state index in [1.807, 2.05) is 52.9 Å². The SMILES string of the molecule is COC(=O)Cn1c2ccccc2n2c(-c3cccc(N)c3)nnc12. The third kappa shape index (κ3) is 2.10. The van der Waals surface area contributed by atoms with Crippen molar-refractivity contribution in [2.24, 2.45) is 0 Å². The molecule has 0 aliphatic rings. The molecule has 0 bridgehead atoms. The predicted molar refractivity (Wildman–Crippen MR) is 90.3 cm³/mol. The molecule has 24 heavy (non-hydrogen) atoms. The Kier molecular flexibility index (Phi) is 3.19. The van der Waals surface area contributed by atoms with Crippen molar-refractivity contribution >= 4 is 28.5 Å². The van der Waals surface area contributed by atoms with Gasteiger partial charge in [-0.3, -0.25) is 13.8 Å². The van der Waals surface area contributed by atoms with E-state index < -0.39 is 0 Å². The first-order valence-corrected chi connectivity index (χ1v) is 7.44. The smallest absolute Gasteiger partial charge is 0.325 e. The van der Waals surface area contributed by atoms with Crippen LogP contribution in [-0.2, 0) is 16.1 Å². The van der Waals surface area contributed by atoms with Crippen molar-refractivity contribution in [3.8, 4) is 11.4 Å². The number of carbonyl (C=O) groups excluding carboxylic acids is 1. The second kappa shape index (κ2) is 5.38. The molecule has 0 aliphatic heterocycles. The van der Waals surface area contributed by atoms with Crippen LogP contribution in [-0.4, -0.2) is 32.2 Å². The number of fused-ring (bicyclic) bond motifs is 3. The number of nitrogen functional groups attached to an aromatic ring is 1. The maximum atomic E-state index is 11.8. The standard InChI is InChI=1S/C17H15N5O2/c1-24-15(23)10-21-13-7-2-3-8-14(13)22-16(19-20-17(21)22)11-5-4-6-12(18)9-11/h2-9H,10,18H2,1H3. The number of aromatic nitrogens is 4. The van der Waals surface area contributed by atoms with Crippen molar-refractivity contribution in [2.45, 2.75) is 6.54 Å². The van der Waals surface area contributed by atoms with Crippen molar-refractivity contribution in [3.05, 3.63) is 48.5 Å². The summed E-state index contributed by atoms with van der Waals surface area (Å²) in [6.45, 7) is 0.0720. The normalized spacial score (nSPS) is 11.2. The number of hydrogen-bond donors (Lipinski definition) is 1. The number of carbonyl (C=O) groups is 1. The summed E-state index contributed by atoms with van der Waals surface area (Å²) in [5.41, 5.74) is 9.21. The van der Waals surface area contributed by atoms with Crippen LogP contribution in [0, 0.1) is 0 Å². The summed E-state index contributed by atoms with van der Waals surface area (Å²) in [5, 5.41) is 8.57. The molecule has 0 saturated carbocycles. The fraction of sp³-hybridized carbons (Fsp3) is 0.118. The second-order valence-corrected chi connectivity index (χ2v) is 5.44. The van der Waals surface area contributed by atoms with Gasteiger partial charge in [-0.15, -0.1) is 10.2 Å². The Morgan fingerprint density at radius 3 is 2.67 bits per heavy atom. The summed E-state index contributed by atoms with van der Waals surface area (Å²) in [7, 11) is 1.37. The fourth-order valence-corrected chi connectivity index (χ4v) is 2.88. The van der Waals surface area contributed by atoms with Crippen molar-refractivity contribution in [1.82, 2.24) is 19.2 Å². The Hall–Kier alpha value is -3.35. The van der Waals surface area contributed by atoms with Crippen molar-refractivity contribution in [1.29, 1.82) is 0 Å². The van der Waals surface area contributed by atoms with Crippen molar-refractivity contribution in [3.63, 3.8) is 0 Å². The minimum atomic E-state index is -0.341. The van der Waals surface area contributed by atoms with Crippen LogP contribution in [0.15, 0.2) is 48.5 Å². The molecular weight excluding hydrogens is 306 g/mol. The van der Waals surface area contributed by atoms with Crippen LogP contribution in [0.4, 0.5) is 5.69 Å². The van der Waals surface area contributed by atoms with Gasteiger partial charge in [-0.2, -0.15) is 0 Å². The van der Waals surface area contributed by atoms with E-state index in [9.17, 15) is 4.79 Å². The first-order valence-electron chi connectivity index (χ1n) is 7.44. The van der Waals surface area contributed by atoms with Gasteiger partial charge in [-0.1, -0.05) is 24.3 Å². The third-order valence-electron chi connectivity index (χ3n) is 3.96. The van der Waals surface area contributed by atoms with Gasteiger partial charge in [0.1, 0.15) is 6.54 Å². The molecule has 120 valence electrons. The molecule has 7 nitrogen and oxygen atoms in total. The molecule has 0 unspecified atom stereocenters. The molecule has 0 saturated heterocycles. The molecule has 7 heteroatoms. The Labute approximate surface area is 137 Å². The number of para-hydroxylation sites is 2. The number of hydrogen-bond acceptors (Lipinski definition) is 5. The monoisotopic (exact) mass is 321 g/mol. The molecule has 0 radical (unpaired) electrons. The molecular formula is C17H15N5O2. The summed E-state index contributed by atoms with van der Waals surface area (Å²) < 4.78 is 8.51. The maximum absolute atomic E-state index is 11.8. The van der Waals surface area contributed by atoms with E-state index in [4.69, 9.17) is 10.5 Å². The molecule has 2 aromatic heterocycles. The Bertz CT molecular complexity index is 1060. The largest absolute Gasteiger partial charge is 0.468 e. The molecule has 0 spiro atoms. The average Bonchev–Trinajstić information content (AvgIpc) is 3.15. The first-order chi connectivity index (χ1) is 11.7. The molecule has 4 aromatic rings. The number of nitrogens with zero attached hydrogens (tertiary/aromatic N) is 4. The fourth-order valence-electron chi connectivity index (χ4n) is 2.88. The zero-order valence-electron chi connectivity index (χ0n) is 13.0. The summed E-state index contributed by atoms with van der Waals surface area (Å²) in [6, 6.07) is 15.2. The maximum Gasteiger partial charge on any atom is 0.325 e. The van der Waals surface area contributed by atoms with Crippen LogP contribution in [0.2, 0.25) is 0 Å². The van der Waals surface area contributed by atoms with Gasteiger partial charge in [0.15, 0.2) is 5.82 Å². The highest BCUT2D eigenvalue weighted by atomic mass is 16.5. The molecule has 0 atom stereocenters. The second-order valence-electron chi connectivity index (χ2n) is 5.44. The Morgan fingerprint density at radius 1 is 1.12 bits per heavy atom. The predicted octanol–water partition coefficient (Wildman–Crippen LogP) is 2.11. The summed E-state index contributed by atoms with van der Waals surface area (Å²) in [6.07, 6.45) is 0.